The molecule has 1 unspecified atom stereocenters. The van der Waals surface area contributed by atoms with Gasteiger partial charge in [0.2, 0.25) is 5.91 Å². The fourth-order valence-corrected chi connectivity index (χ4v) is 3.18. The highest BCUT2D eigenvalue weighted by Gasteiger charge is 2.33. The van der Waals surface area contributed by atoms with Crippen LogP contribution in [-0.4, -0.2) is 42.7 Å². The number of hydrogen-bond acceptors (Lipinski definition) is 4. The molecule has 3 N–H and O–H groups in total. The first-order valence-electron chi connectivity index (χ1n) is 7.18. The van der Waals surface area contributed by atoms with Gasteiger partial charge in [0.25, 0.3) is 5.76 Å². The predicted octanol–water partition coefficient (Wildman–Crippen LogP) is 3.03. The average molecular weight is 366 g/mol. The highest BCUT2D eigenvalue weighted by Crippen LogP contribution is 2.32. The number of alkyl halides is 2. The molecular weight excluding hydrogens is 344 g/mol. The van der Waals surface area contributed by atoms with Crippen molar-refractivity contribution in [2.75, 3.05) is 31.5 Å². The lowest BCUT2D eigenvalue weighted by molar-refractivity contribution is -0.117. The monoisotopic (exact) mass is 365 g/mol. The maximum atomic E-state index is 12.5. The normalized spacial score (nSPS) is 21.3. The number of anilines is 1. The number of carbonyl (C=O) groups excluding carboxylic acids is 1. The van der Waals surface area contributed by atoms with Crippen molar-refractivity contribution in [2.24, 2.45) is 11.1 Å². The van der Waals surface area contributed by atoms with Crippen molar-refractivity contribution < 1.29 is 13.6 Å². The molecule has 0 radical (unpaired) electrons. The van der Waals surface area contributed by atoms with Gasteiger partial charge in [-0.2, -0.15) is 8.78 Å². The number of carbonyl (C=O) groups is 1. The van der Waals surface area contributed by atoms with E-state index in [4.69, 9.17) is 5.73 Å². The van der Waals surface area contributed by atoms with E-state index in [1.54, 1.807) is 24.3 Å². The predicted molar refractivity (Wildman–Crippen MR) is 92.4 cm³/mol. The lowest BCUT2D eigenvalue weighted by Gasteiger charge is -2.22. The molecule has 1 aliphatic heterocycles. The number of nitrogens with two attached hydrogens (primary N) is 1. The summed E-state index contributed by atoms with van der Waals surface area (Å²) in [5.74, 6) is -2.70. The first-order chi connectivity index (χ1) is 10.4. The highest BCUT2D eigenvalue weighted by molar-refractivity contribution is 7.99. The van der Waals surface area contributed by atoms with Crippen LogP contribution in [0.2, 0.25) is 0 Å². The SMILES string of the molecule is CC1(CN)CCN(CC(=O)Nc2ccccc2SC(F)F)C1.Cl. The fraction of sp³-hybridized carbons (Fsp3) is 0.533. The van der Waals surface area contributed by atoms with Gasteiger partial charge in [0.05, 0.1) is 12.2 Å². The second-order valence-corrected chi connectivity index (χ2v) is 6.93. The van der Waals surface area contributed by atoms with Gasteiger partial charge in [-0.15, -0.1) is 12.4 Å². The van der Waals surface area contributed by atoms with Crippen molar-refractivity contribution in [2.45, 2.75) is 24.0 Å². The summed E-state index contributed by atoms with van der Waals surface area (Å²) in [7, 11) is 0. The van der Waals surface area contributed by atoms with E-state index in [9.17, 15) is 13.6 Å². The van der Waals surface area contributed by atoms with Crippen molar-refractivity contribution in [3.8, 4) is 0 Å². The Morgan fingerprint density at radius 1 is 1.48 bits per heavy atom. The van der Waals surface area contributed by atoms with Gasteiger partial charge in [-0.25, -0.2) is 0 Å². The Balaban J connectivity index is 0.00000264. The van der Waals surface area contributed by atoms with Crippen LogP contribution in [0.15, 0.2) is 29.2 Å². The topological polar surface area (TPSA) is 58.4 Å². The van der Waals surface area contributed by atoms with Crippen molar-refractivity contribution in [1.82, 2.24) is 4.90 Å². The maximum absolute atomic E-state index is 12.5. The van der Waals surface area contributed by atoms with Crippen molar-refractivity contribution in [3.05, 3.63) is 24.3 Å². The molecule has 130 valence electrons. The van der Waals surface area contributed by atoms with Crippen molar-refractivity contribution in [1.29, 1.82) is 0 Å². The zero-order valence-electron chi connectivity index (χ0n) is 12.9. The molecule has 2 rings (SSSR count). The Hall–Kier alpha value is -0.890. The molecule has 1 atom stereocenters. The molecule has 1 saturated heterocycles. The van der Waals surface area contributed by atoms with E-state index in [0.29, 0.717) is 28.9 Å². The maximum Gasteiger partial charge on any atom is 0.288 e. The Morgan fingerprint density at radius 2 is 2.17 bits per heavy atom. The summed E-state index contributed by atoms with van der Waals surface area (Å²) in [6, 6.07) is 6.60. The first kappa shape index (κ1) is 20.2. The third kappa shape index (κ3) is 5.91. The number of nitrogens with zero attached hydrogens (tertiary/aromatic N) is 1. The zero-order chi connectivity index (χ0) is 16.2. The molecule has 0 saturated carbocycles. The summed E-state index contributed by atoms with van der Waals surface area (Å²) < 4.78 is 25.0. The van der Waals surface area contributed by atoms with Crippen LogP contribution in [0, 0.1) is 5.41 Å². The number of rotatable bonds is 6. The number of likely N-dealkylation sites (tertiary alicyclic amines) is 1. The van der Waals surface area contributed by atoms with Gasteiger partial charge in [0.1, 0.15) is 0 Å². The van der Waals surface area contributed by atoms with Gasteiger partial charge in [0, 0.05) is 11.4 Å². The molecule has 1 aromatic rings. The smallest absolute Gasteiger partial charge is 0.288 e. The van der Waals surface area contributed by atoms with Gasteiger partial charge in [-0.3, -0.25) is 9.69 Å². The summed E-state index contributed by atoms with van der Waals surface area (Å²) in [5, 5.41) is 2.72. The van der Waals surface area contributed by atoms with Crippen LogP contribution in [0.5, 0.6) is 0 Å². The van der Waals surface area contributed by atoms with Gasteiger partial charge >= 0.3 is 0 Å². The van der Waals surface area contributed by atoms with Crippen molar-refractivity contribution >= 4 is 35.8 Å². The largest absolute Gasteiger partial charge is 0.330 e. The highest BCUT2D eigenvalue weighted by atomic mass is 35.5. The van der Waals surface area contributed by atoms with Crippen molar-refractivity contribution in [3.63, 3.8) is 0 Å². The van der Waals surface area contributed by atoms with Crippen LogP contribution in [0.25, 0.3) is 0 Å². The number of para-hydroxylation sites is 1. The lowest BCUT2D eigenvalue weighted by Crippen LogP contribution is -2.35. The Labute approximate surface area is 145 Å². The number of hydrogen-bond donors (Lipinski definition) is 2. The quantitative estimate of drug-likeness (QED) is 0.761. The Kier molecular flexibility index (Phi) is 7.73. The van der Waals surface area contributed by atoms with Gasteiger partial charge < -0.3 is 11.1 Å². The molecule has 0 aliphatic carbocycles. The third-order valence-corrected chi connectivity index (χ3v) is 4.66. The number of amides is 1. The summed E-state index contributed by atoms with van der Waals surface area (Å²) in [6.07, 6.45) is 0.967. The zero-order valence-corrected chi connectivity index (χ0v) is 14.6. The molecule has 8 heteroatoms. The molecule has 4 nitrogen and oxygen atoms in total. The van der Waals surface area contributed by atoms with Gasteiger partial charge in [0.15, 0.2) is 0 Å². The summed E-state index contributed by atoms with van der Waals surface area (Å²) >= 11 is 0.435. The second-order valence-electron chi connectivity index (χ2n) is 5.90. The Bertz CT molecular complexity index is 535. The first-order valence-corrected chi connectivity index (χ1v) is 8.06. The van der Waals surface area contributed by atoms with Gasteiger partial charge in [-0.1, -0.05) is 30.8 Å². The minimum atomic E-state index is -2.51. The molecule has 0 spiro atoms. The number of halogens is 3. The number of benzene rings is 1. The van der Waals surface area contributed by atoms with E-state index < -0.39 is 5.76 Å². The molecule has 1 aromatic carbocycles. The standard InChI is InChI=1S/C15H21F2N3OS.ClH/c1-15(9-18)6-7-20(10-15)8-13(21)19-11-4-2-3-5-12(11)22-14(16)17;/h2-5,14H,6-10,18H2,1H3,(H,19,21);1H. The lowest BCUT2D eigenvalue weighted by atomic mass is 9.90. The van der Waals surface area contributed by atoms with Crippen LogP contribution >= 0.6 is 24.2 Å². The molecular formula is C15H22ClF2N3OS. The molecule has 1 fully saturated rings. The van der Waals surface area contributed by atoms with Gasteiger partial charge in [-0.05, 0) is 37.1 Å². The number of nitrogens with one attached hydrogen (secondary N) is 1. The summed E-state index contributed by atoms with van der Waals surface area (Å²) in [5.41, 5.74) is 6.24. The van der Waals surface area contributed by atoms with E-state index >= 15 is 0 Å². The van der Waals surface area contributed by atoms with Crippen LogP contribution in [0.3, 0.4) is 0 Å². The van der Waals surface area contributed by atoms with E-state index in [0.717, 1.165) is 19.5 Å². The molecule has 0 bridgehead atoms. The second kappa shape index (κ2) is 8.82. The van der Waals surface area contributed by atoms with Crippen LogP contribution < -0.4 is 11.1 Å². The van der Waals surface area contributed by atoms with E-state index in [-0.39, 0.29) is 30.3 Å². The molecule has 1 aliphatic rings. The Morgan fingerprint density at radius 3 is 2.78 bits per heavy atom. The minimum absolute atomic E-state index is 0. The fourth-order valence-electron chi connectivity index (χ4n) is 2.59. The minimum Gasteiger partial charge on any atom is -0.330 e. The van der Waals surface area contributed by atoms with E-state index in [1.807, 2.05) is 4.90 Å². The number of thioether (sulfide) groups is 1. The van der Waals surface area contributed by atoms with E-state index in [1.165, 1.54) is 0 Å². The van der Waals surface area contributed by atoms with Crippen LogP contribution in [0.1, 0.15) is 13.3 Å². The summed E-state index contributed by atoms with van der Waals surface area (Å²) in [4.78, 5) is 14.5. The summed E-state index contributed by atoms with van der Waals surface area (Å²) in [6.45, 7) is 4.57. The van der Waals surface area contributed by atoms with E-state index in [2.05, 4.69) is 12.2 Å². The molecule has 1 amide bonds. The molecule has 0 aromatic heterocycles. The third-order valence-electron chi connectivity index (χ3n) is 3.87. The van der Waals surface area contributed by atoms with Crippen LogP contribution in [0.4, 0.5) is 14.5 Å². The molecule has 1 heterocycles. The molecule has 23 heavy (non-hydrogen) atoms. The average Bonchev–Trinajstić information content (AvgIpc) is 2.82. The van der Waals surface area contributed by atoms with Crippen LogP contribution in [-0.2, 0) is 4.79 Å².